The maximum absolute atomic E-state index is 12.6. The van der Waals surface area contributed by atoms with Crippen molar-refractivity contribution >= 4 is 29.1 Å². The molecule has 1 fully saturated rings. The quantitative estimate of drug-likeness (QED) is 0.642. The third-order valence-corrected chi connectivity index (χ3v) is 5.54. The Kier molecular flexibility index (Phi) is 5.63. The largest absolute Gasteiger partial charge is 0.408 e. The molecule has 3 amide bonds. The molecule has 9 nitrogen and oxygen atoms in total. The number of rotatable bonds is 5. The molecule has 0 saturated carbocycles. The van der Waals surface area contributed by atoms with Crippen LogP contribution < -0.4 is 16.0 Å². The van der Waals surface area contributed by atoms with Gasteiger partial charge in [0.2, 0.25) is 11.8 Å². The summed E-state index contributed by atoms with van der Waals surface area (Å²) in [6.45, 7) is -0.885. The van der Waals surface area contributed by atoms with Crippen molar-refractivity contribution in [3.63, 3.8) is 0 Å². The normalized spacial score (nSPS) is 17.0. The number of nitrogens with zero attached hydrogens (tertiary/aromatic N) is 2. The molecular formula is C20H20F3N5O4. The zero-order valence-corrected chi connectivity index (χ0v) is 16.8. The van der Waals surface area contributed by atoms with Crippen molar-refractivity contribution in [2.75, 3.05) is 30.4 Å². The number of carbonyl (C=O) groups excluding carboxylic acids is 3. The molecule has 0 atom stereocenters. The van der Waals surface area contributed by atoms with Crippen molar-refractivity contribution in [2.24, 2.45) is 0 Å². The molecule has 1 aromatic heterocycles. The second-order valence-electron chi connectivity index (χ2n) is 7.63. The number of nitrogens with one attached hydrogen (secondary N) is 3. The molecule has 3 N–H and O–H groups in total. The van der Waals surface area contributed by atoms with Gasteiger partial charge in [-0.1, -0.05) is 6.07 Å². The monoisotopic (exact) mass is 451 g/mol. The highest BCUT2D eigenvalue weighted by Crippen LogP contribution is 2.45. The molecule has 1 saturated heterocycles. The standard InChI is InChI=1S/C20H20F3N5O4/c21-20(22,23)11-28-15(3-6-25-28)17(30)24-10-16(29)26-12-1-2-13-14(9-12)27-18(31)19(13)4-7-32-8-5-19/h1-3,6,9H,4-5,7-8,10-11H2,(H,24,30)(H,26,29)(H,27,31). The van der Waals surface area contributed by atoms with E-state index >= 15 is 0 Å². The van der Waals surface area contributed by atoms with Crippen LogP contribution in [0.1, 0.15) is 28.9 Å². The molecule has 1 aromatic carbocycles. The predicted octanol–water partition coefficient (Wildman–Crippen LogP) is 1.81. The van der Waals surface area contributed by atoms with Crippen molar-refractivity contribution in [2.45, 2.75) is 31.0 Å². The van der Waals surface area contributed by atoms with E-state index in [-0.39, 0.29) is 11.6 Å². The van der Waals surface area contributed by atoms with Crippen molar-refractivity contribution in [3.8, 4) is 0 Å². The molecule has 2 aliphatic heterocycles. The molecule has 2 aromatic rings. The molecule has 2 aliphatic rings. The van der Waals surface area contributed by atoms with Crippen LogP contribution in [0, 0.1) is 0 Å². The Morgan fingerprint density at radius 1 is 1.22 bits per heavy atom. The van der Waals surface area contributed by atoms with Gasteiger partial charge in [0.1, 0.15) is 12.2 Å². The summed E-state index contributed by atoms with van der Waals surface area (Å²) in [5, 5.41) is 11.2. The van der Waals surface area contributed by atoms with E-state index in [4.69, 9.17) is 4.74 Å². The predicted molar refractivity (Wildman–Crippen MR) is 106 cm³/mol. The van der Waals surface area contributed by atoms with Crippen LogP contribution in [0.25, 0.3) is 0 Å². The van der Waals surface area contributed by atoms with Gasteiger partial charge in [-0.2, -0.15) is 18.3 Å². The number of halogens is 3. The van der Waals surface area contributed by atoms with Crippen LogP contribution in [-0.4, -0.2) is 53.4 Å². The zero-order chi connectivity index (χ0) is 22.9. The lowest BCUT2D eigenvalue weighted by atomic mass is 9.75. The van der Waals surface area contributed by atoms with E-state index in [1.807, 2.05) is 0 Å². The van der Waals surface area contributed by atoms with Gasteiger partial charge in [0.25, 0.3) is 5.91 Å². The Labute approximate surface area is 180 Å². The topological polar surface area (TPSA) is 114 Å². The first-order chi connectivity index (χ1) is 15.2. The molecular weight excluding hydrogens is 431 g/mol. The van der Waals surface area contributed by atoms with Gasteiger partial charge < -0.3 is 20.7 Å². The Bertz CT molecular complexity index is 1060. The van der Waals surface area contributed by atoms with E-state index in [1.165, 1.54) is 0 Å². The number of aromatic nitrogens is 2. The van der Waals surface area contributed by atoms with E-state index in [0.29, 0.717) is 42.1 Å². The summed E-state index contributed by atoms with van der Waals surface area (Å²) in [4.78, 5) is 36.9. The van der Waals surface area contributed by atoms with Crippen LogP contribution in [0.4, 0.5) is 24.5 Å². The highest BCUT2D eigenvalue weighted by Gasteiger charge is 2.47. The number of ether oxygens (including phenoxy) is 1. The van der Waals surface area contributed by atoms with Gasteiger partial charge in [-0.25, -0.2) is 0 Å². The van der Waals surface area contributed by atoms with Crippen LogP contribution in [0.3, 0.4) is 0 Å². The summed E-state index contributed by atoms with van der Waals surface area (Å²) in [7, 11) is 0. The van der Waals surface area contributed by atoms with Crippen LogP contribution >= 0.6 is 0 Å². The number of alkyl halides is 3. The second kappa shape index (κ2) is 8.26. The Hall–Kier alpha value is -3.41. The fourth-order valence-electron chi connectivity index (χ4n) is 4.00. The van der Waals surface area contributed by atoms with E-state index in [0.717, 1.165) is 17.8 Å². The number of amides is 3. The fourth-order valence-corrected chi connectivity index (χ4v) is 4.00. The summed E-state index contributed by atoms with van der Waals surface area (Å²) in [5.74, 6) is -1.53. The molecule has 0 aliphatic carbocycles. The van der Waals surface area contributed by atoms with Crippen LogP contribution in [0.15, 0.2) is 30.5 Å². The van der Waals surface area contributed by atoms with Gasteiger partial charge in [0.15, 0.2) is 0 Å². The molecule has 0 bridgehead atoms. The molecule has 32 heavy (non-hydrogen) atoms. The number of fused-ring (bicyclic) bond motifs is 2. The molecule has 3 heterocycles. The summed E-state index contributed by atoms with van der Waals surface area (Å²) in [6, 6.07) is 6.21. The molecule has 4 rings (SSSR count). The zero-order valence-electron chi connectivity index (χ0n) is 16.8. The maximum Gasteiger partial charge on any atom is 0.408 e. The van der Waals surface area contributed by atoms with Gasteiger partial charge in [0, 0.05) is 30.8 Å². The van der Waals surface area contributed by atoms with Gasteiger partial charge in [-0.3, -0.25) is 19.1 Å². The second-order valence-corrected chi connectivity index (χ2v) is 7.63. The minimum Gasteiger partial charge on any atom is -0.381 e. The maximum atomic E-state index is 12.6. The van der Waals surface area contributed by atoms with Crippen molar-refractivity contribution < 1.29 is 32.3 Å². The molecule has 12 heteroatoms. The highest BCUT2D eigenvalue weighted by molar-refractivity contribution is 6.07. The number of benzene rings is 1. The van der Waals surface area contributed by atoms with Crippen molar-refractivity contribution in [3.05, 3.63) is 41.7 Å². The van der Waals surface area contributed by atoms with E-state index in [2.05, 4.69) is 21.0 Å². The van der Waals surface area contributed by atoms with E-state index in [1.54, 1.807) is 18.2 Å². The first kappa shape index (κ1) is 21.8. The number of hydrogen-bond acceptors (Lipinski definition) is 5. The summed E-state index contributed by atoms with van der Waals surface area (Å²) >= 11 is 0. The Morgan fingerprint density at radius 3 is 2.69 bits per heavy atom. The van der Waals surface area contributed by atoms with Crippen LogP contribution in [0.5, 0.6) is 0 Å². The number of anilines is 2. The number of hydrogen-bond donors (Lipinski definition) is 3. The number of carbonyl (C=O) groups is 3. The van der Waals surface area contributed by atoms with E-state index in [9.17, 15) is 27.6 Å². The van der Waals surface area contributed by atoms with Gasteiger partial charge in [0.05, 0.1) is 12.0 Å². The lowest BCUT2D eigenvalue weighted by Crippen LogP contribution is -2.39. The summed E-state index contributed by atoms with van der Waals surface area (Å²) < 4.78 is 43.6. The van der Waals surface area contributed by atoms with Gasteiger partial charge in [-0.05, 0) is 36.6 Å². The first-order valence-electron chi connectivity index (χ1n) is 9.88. The van der Waals surface area contributed by atoms with Gasteiger partial charge in [-0.15, -0.1) is 0 Å². The van der Waals surface area contributed by atoms with Gasteiger partial charge >= 0.3 is 6.18 Å². The molecule has 0 radical (unpaired) electrons. The van der Waals surface area contributed by atoms with Crippen molar-refractivity contribution in [1.29, 1.82) is 0 Å². The lowest BCUT2D eigenvalue weighted by molar-refractivity contribution is -0.142. The summed E-state index contributed by atoms with van der Waals surface area (Å²) in [6.07, 6.45) is -2.31. The fraction of sp³-hybridized carbons (Fsp3) is 0.400. The van der Waals surface area contributed by atoms with Crippen LogP contribution in [0.2, 0.25) is 0 Å². The Balaban J connectivity index is 1.37. The smallest absolute Gasteiger partial charge is 0.381 e. The summed E-state index contributed by atoms with van der Waals surface area (Å²) in [5.41, 5.74) is 0.945. The minimum absolute atomic E-state index is 0.0954. The third-order valence-electron chi connectivity index (χ3n) is 5.54. The minimum atomic E-state index is -4.54. The van der Waals surface area contributed by atoms with Crippen molar-refractivity contribution in [1.82, 2.24) is 15.1 Å². The average Bonchev–Trinajstić information content (AvgIpc) is 3.28. The SMILES string of the molecule is O=C(CNC(=O)c1ccnn1CC(F)(F)F)Nc1ccc2c(c1)NC(=O)C21CCOCC1. The molecule has 0 unspecified atom stereocenters. The van der Waals surface area contributed by atoms with Crippen LogP contribution in [-0.2, 0) is 26.3 Å². The third kappa shape index (κ3) is 4.31. The average molecular weight is 451 g/mol. The lowest BCUT2D eigenvalue weighted by Gasteiger charge is -2.31. The molecule has 1 spiro atoms. The Morgan fingerprint density at radius 2 is 1.97 bits per heavy atom. The first-order valence-corrected chi connectivity index (χ1v) is 9.88. The van der Waals surface area contributed by atoms with E-state index < -0.39 is 36.5 Å². The molecule has 170 valence electrons. The highest BCUT2D eigenvalue weighted by atomic mass is 19.4.